The van der Waals surface area contributed by atoms with E-state index in [1.54, 1.807) is 24.3 Å². The molecule has 0 saturated carbocycles. The van der Waals surface area contributed by atoms with E-state index in [4.69, 9.17) is 16.0 Å². The molecule has 0 fully saturated rings. The molecule has 3 aromatic rings. The summed E-state index contributed by atoms with van der Waals surface area (Å²) in [5.74, 6) is 1.21. The highest BCUT2D eigenvalue weighted by molar-refractivity contribution is 6.33. The number of hydrogen-bond acceptors (Lipinski definition) is 5. The first-order valence-corrected chi connectivity index (χ1v) is 7.39. The molecule has 6 nitrogen and oxygen atoms in total. The first-order valence-electron chi connectivity index (χ1n) is 7.02. The van der Waals surface area contributed by atoms with Gasteiger partial charge in [0.15, 0.2) is 0 Å². The van der Waals surface area contributed by atoms with Gasteiger partial charge >= 0.3 is 0 Å². The number of anilines is 1. The van der Waals surface area contributed by atoms with Gasteiger partial charge in [-0.15, -0.1) is 0 Å². The zero-order chi connectivity index (χ0) is 16.9. The molecular weight excluding hydrogens is 330 g/mol. The van der Waals surface area contributed by atoms with Crippen LogP contribution in [0.2, 0.25) is 5.02 Å². The van der Waals surface area contributed by atoms with Crippen LogP contribution in [0.25, 0.3) is 11.3 Å². The van der Waals surface area contributed by atoms with E-state index in [1.165, 1.54) is 18.3 Å². The van der Waals surface area contributed by atoms with Gasteiger partial charge in [0.25, 0.3) is 5.69 Å². The van der Waals surface area contributed by atoms with Crippen molar-refractivity contribution in [2.24, 2.45) is 5.10 Å². The number of halogens is 1. The fourth-order valence-electron chi connectivity index (χ4n) is 2.06. The Bertz CT molecular complexity index is 888. The summed E-state index contributed by atoms with van der Waals surface area (Å²) in [7, 11) is 0. The zero-order valence-corrected chi connectivity index (χ0v) is 13.1. The van der Waals surface area contributed by atoms with Crippen LogP contribution in [0.15, 0.2) is 70.2 Å². The predicted molar refractivity (Wildman–Crippen MR) is 93.5 cm³/mol. The molecule has 1 aromatic heterocycles. The van der Waals surface area contributed by atoms with E-state index in [0.717, 1.165) is 5.56 Å². The molecule has 0 aliphatic heterocycles. The van der Waals surface area contributed by atoms with Gasteiger partial charge in [-0.05, 0) is 36.4 Å². The molecule has 0 saturated heterocycles. The van der Waals surface area contributed by atoms with E-state index in [-0.39, 0.29) is 5.69 Å². The molecule has 0 unspecified atom stereocenters. The fraction of sp³-hybridized carbons (Fsp3) is 0. The number of nitro benzene ring substituents is 1. The maximum absolute atomic E-state index is 10.6. The molecule has 0 amide bonds. The average Bonchev–Trinajstić information content (AvgIpc) is 3.04. The smallest absolute Gasteiger partial charge is 0.269 e. The van der Waals surface area contributed by atoms with Gasteiger partial charge in [-0.2, -0.15) is 5.10 Å². The molecule has 0 bridgehead atoms. The van der Waals surface area contributed by atoms with Gasteiger partial charge < -0.3 is 4.42 Å². The topological polar surface area (TPSA) is 80.7 Å². The summed E-state index contributed by atoms with van der Waals surface area (Å²) in [4.78, 5) is 10.1. The summed E-state index contributed by atoms with van der Waals surface area (Å²) in [6.07, 6.45) is 1.52. The highest BCUT2D eigenvalue weighted by Gasteiger charge is 2.07. The lowest BCUT2D eigenvalue weighted by Gasteiger charge is -1.99. The van der Waals surface area contributed by atoms with Gasteiger partial charge in [0.2, 0.25) is 0 Å². The van der Waals surface area contributed by atoms with Crippen molar-refractivity contribution in [3.05, 3.63) is 81.6 Å². The van der Waals surface area contributed by atoms with Crippen LogP contribution in [0.5, 0.6) is 0 Å². The van der Waals surface area contributed by atoms with Crippen molar-refractivity contribution < 1.29 is 9.34 Å². The molecule has 0 aliphatic carbocycles. The minimum atomic E-state index is -0.452. The standard InChI is InChI=1S/C17H12ClN3O3/c18-16-4-2-1-3-15(16)17-10-9-14(24-17)11-19-20-12-5-7-13(8-6-12)21(22)23/h1-11,20H. The van der Waals surface area contributed by atoms with Crippen molar-refractivity contribution in [1.82, 2.24) is 0 Å². The molecule has 0 atom stereocenters. The largest absolute Gasteiger partial charge is 0.455 e. The minimum absolute atomic E-state index is 0.0277. The lowest BCUT2D eigenvalue weighted by molar-refractivity contribution is -0.384. The molecule has 1 heterocycles. The van der Waals surface area contributed by atoms with E-state index in [9.17, 15) is 10.1 Å². The Morgan fingerprint density at radius 2 is 1.83 bits per heavy atom. The molecule has 0 aliphatic rings. The highest BCUT2D eigenvalue weighted by atomic mass is 35.5. The van der Waals surface area contributed by atoms with Crippen LogP contribution in [0.3, 0.4) is 0 Å². The number of furan rings is 1. The van der Waals surface area contributed by atoms with Crippen molar-refractivity contribution in [3.8, 4) is 11.3 Å². The Morgan fingerprint density at radius 1 is 1.08 bits per heavy atom. The average molecular weight is 342 g/mol. The zero-order valence-electron chi connectivity index (χ0n) is 12.3. The quantitative estimate of drug-likeness (QED) is 0.404. The highest BCUT2D eigenvalue weighted by Crippen LogP contribution is 2.28. The fourth-order valence-corrected chi connectivity index (χ4v) is 2.28. The summed E-state index contributed by atoms with van der Waals surface area (Å²) in [6, 6.07) is 17.0. The summed E-state index contributed by atoms with van der Waals surface area (Å²) in [6.45, 7) is 0. The van der Waals surface area contributed by atoms with Crippen molar-refractivity contribution in [2.75, 3.05) is 5.43 Å². The van der Waals surface area contributed by atoms with Gasteiger partial charge in [-0.1, -0.05) is 23.7 Å². The number of nitrogens with one attached hydrogen (secondary N) is 1. The van der Waals surface area contributed by atoms with Crippen molar-refractivity contribution >= 4 is 29.2 Å². The number of nitrogens with zero attached hydrogens (tertiary/aromatic N) is 2. The van der Waals surface area contributed by atoms with E-state index in [2.05, 4.69) is 10.5 Å². The monoisotopic (exact) mass is 341 g/mol. The van der Waals surface area contributed by atoms with Gasteiger partial charge in [0, 0.05) is 17.7 Å². The van der Waals surface area contributed by atoms with Crippen LogP contribution >= 0.6 is 11.6 Å². The summed E-state index contributed by atoms with van der Waals surface area (Å²) in [5, 5.41) is 15.2. The van der Waals surface area contributed by atoms with Crippen LogP contribution in [-0.2, 0) is 0 Å². The Balaban J connectivity index is 1.67. The van der Waals surface area contributed by atoms with E-state index >= 15 is 0 Å². The van der Waals surface area contributed by atoms with Crippen LogP contribution in [0.1, 0.15) is 5.76 Å². The molecule has 1 N–H and O–H groups in total. The number of nitro groups is 1. The third-order valence-electron chi connectivity index (χ3n) is 3.23. The van der Waals surface area contributed by atoms with Gasteiger partial charge in [-0.25, -0.2) is 0 Å². The number of non-ortho nitro benzene ring substituents is 1. The molecule has 120 valence electrons. The first-order chi connectivity index (χ1) is 11.6. The molecule has 3 rings (SSSR count). The van der Waals surface area contributed by atoms with Crippen molar-refractivity contribution in [2.45, 2.75) is 0 Å². The second-order valence-electron chi connectivity index (χ2n) is 4.86. The Hall–Kier alpha value is -3.12. The number of benzene rings is 2. The molecule has 0 radical (unpaired) electrons. The first kappa shape index (κ1) is 15.8. The third kappa shape index (κ3) is 3.61. The Morgan fingerprint density at radius 3 is 2.54 bits per heavy atom. The van der Waals surface area contributed by atoms with Crippen molar-refractivity contribution in [1.29, 1.82) is 0 Å². The molecule has 7 heteroatoms. The number of hydrazone groups is 1. The van der Waals surface area contributed by atoms with Crippen LogP contribution < -0.4 is 5.43 Å². The Labute approximate surface area is 142 Å². The molecule has 2 aromatic carbocycles. The number of rotatable bonds is 5. The van der Waals surface area contributed by atoms with E-state index in [0.29, 0.717) is 22.2 Å². The van der Waals surface area contributed by atoms with Crippen LogP contribution in [-0.4, -0.2) is 11.1 Å². The van der Waals surface area contributed by atoms with Crippen molar-refractivity contribution in [3.63, 3.8) is 0 Å². The number of hydrogen-bond donors (Lipinski definition) is 1. The molecule has 0 spiro atoms. The second-order valence-corrected chi connectivity index (χ2v) is 5.26. The third-order valence-corrected chi connectivity index (χ3v) is 3.56. The van der Waals surface area contributed by atoms with Gasteiger partial charge in [0.05, 0.1) is 21.8 Å². The van der Waals surface area contributed by atoms with Gasteiger partial charge in [0.1, 0.15) is 11.5 Å². The lowest BCUT2D eigenvalue weighted by Crippen LogP contribution is -1.91. The predicted octanol–water partition coefficient (Wildman–Crippen LogP) is 4.95. The van der Waals surface area contributed by atoms with E-state index in [1.807, 2.05) is 24.3 Å². The minimum Gasteiger partial charge on any atom is -0.455 e. The maximum Gasteiger partial charge on any atom is 0.269 e. The molecular formula is C17H12ClN3O3. The molecule has 24 heavy (non-hydrogen) atoms. The summed E-state index contributed by atoms with van der Waals surface area (Å²) < 4.78 is 5.68. The normalized spacial score (nSPS) is 10.9. The Kier molecular flexibility index (Phi) is 4.58. The second kappa shape index (κ2) is 6.97. The lowest BCUT2D eigenvalue weighted by atomic mass is 10.2. The SMILES string of the molecule is O=[N+]([O-])c1ccc(NN=Cc2ccc(-c3ccccc3Cl)o2)cc1. The summed E-state index contributed by atoms with van der Waals surface area (Å²) in [5.41, 5.74) is 4.25. The van der Waals surface area contributed by atoms with E-state index < -0.39 is 4.92 Å². The van der Waals surface area contributed by atoms with Crippen LogP contribution in [0, 0.1) is 10.1 Å². The van der Waals surface area contributed by atoms with Gasteiger partial charge in [-0.3, -0.25) is 15.5 Å². The van der Waals surface area contributed by atoms with Crippen LogP contribution in [0.4, 0.5) is 11.4 Å². The maximum atomic E-state index is 10.6. The summed E-state index contributed by atoms with van der Waals surface area (Å²) >= 11 is 6.13.